The molecular formula is C20H23BrN6O. The van der Waals surface area contributed by atoms with E-state index in [1.807, 2.05) is 18.3 Å². The van der Waals surface area contributed by atoms with E-state index in [4.69, 9.17) is 0 Å². The smallest absolute Gasteiger partial charge is 0.276 e. The predicted octanol–water partition coefficient (Wildman–Crippen LogP) is 3.59. The van der Waals surface area contributed by atoms with Crippen molar-refractivity contribution in [3.63, 3.8) is 0 Å². The number of amides is 1. The molecule has 0 aliphatic carbocycles. The van der Waals surface area contributed by atoms with Gasteiger partial charge in [-0.1, -0.05) is 18.6 Å². The van der Waals surface area contributed by atoms with Crippen LogP contribution in [0.4, 0.5) is 5.69 Å². The molecule has 1 amide bonds. The summed E-state index contributed by atoms with van der Waals surface area (Å²) in [5, 5.41) is 11.4. The molecule has 0 radical (unpaired) electrons. The van der Waals surface area contributed by atoms with Gasteiger partial charge in [-0.05, 0) is 65.6 Å². The van der Waals surface area contributed by atoms with Crippen molar-refractivity contribution in [2.24, 2.45) is 0 Å². The van der Waals surface area contributed by atoms with Gasteiger partial charge in [0, 0.05) is 24.6 Å². The zero-order chi connectivity index (χ0) is 19.3. The highest BCUT2D eigenvalue weighted by Crippen LogP contribution is 2.16. The Morgan fingerprint density at radius 2 is 1.86 bits per heavy atom. The van der Waals surface area contributed by atoms with E-state index in [1.165, 1.54) is 37.9 Å². The van der Waals surface area contributed by atoms with Crippen molar-refractivity contribution in [2.45, 2.75) is 32.5 Å². The van der Waals surface area contributed by atoms with Gasteiger partial charge in [-0.25, -0.2) is 4.68 Å². The van der Waals surface area contributed by atoms with E-state index < -0.39 is 0 Å². The van der Waals surface area contributed by atoms with Crippen molar-refractivity contribution in [3.05, 3.63) is 64.7 Å². The predicted molar refractivity (Wildman–Crippen MR) is 111 cm³/mol. The summed E-state index contributed by atoms with van der Waals surface area (Å²) in [5.74, 6) is -0.218. The second kappa shape index (κ2) is 8.70. The molecule has 1 fully saturated rings. The van der Waals surface area contributed by atoms with Crippen molar-refractivity contribution >= 4 is 27.5 Å². The number of piperidine rings is 1. The first-order valence-corrected chi connectivity index (χ1v) is 10.3. The third kappa shape index (κ3) is 4.88. The van der Waals surface area contributed by atoms with E-state index in [2.05, 4.69) is 48.5 Å². The number of halogens is 1. The van der Waals surface area contributed by atoms with Crippen molar-refractivity contribution < 1.29 is 4.79 Å². The van der Waals surface area contributed by atoms with Crippen molar-refractivity contribution in [3.8, 4) is 0 Å². The Morgan fingerprint density at radius 1 is 1.07 bits per heavy atom. The van der Waals surface area contributed by atoms with Gasteiger partial charge in [-0.3, -0.25) is 14.4 Å². The van der Waals surface area contributed by atoms with Crippen LogP contribution in [0.25, 0.3) is 0 Å². The molecule has 0 atom stereocenters. The summed E-state index contributed by atoms with van der Waals surface area (Å²) in [6, 6.07) is 9.78. The van der Waals surface area contributed by atoms with Crippen LogP contribution in [0.5, 0.6) is 0 Å². The third-order valence-electron chi connectivity index (χ3n) is 4.83. The number of hydrogen-bond acceptors (Lipinski definition) is 4. The second-order valence-electron chi connectivity index (χ2n) is 7.07. The van der Waals surface area contributed by atoms with Crippen LogP contribution < -0.4 is 5.32 Å². The van der Waals surface area contributed by atoms with Gasteiger partial charge >= 0.3 is 0 Å². The zero-order valence-corrected chi connectivity index (χ0v) is 17.2. The number of hydrogen-bond donors (Lipinski definition) is 1. The molecule has 1 aliphatic rings. The summed E-state index contributed by atoms with van der Waals surface area (Å²) in [4.78, 5) is 14.9. The topological polar surface area (TPSA) is 68.0 Å². The fourth-order valence-corrected chi connectivity index (χ4v) is 3.72. The monoisotopic (exact) mass is 442 g/mol. The minimum absolute atomic E-state index is 0.218. The summed E-state index contributed by atoms with van der Waals surface area (Å²) in [7, 11) is 0. The first kappa shape index (κ1) is 18.9. The molecule has 4 rings (SSSR count). The fourth-order valence-electron chi connectivity index (χ4n) is 3.39. The van der Waals surface area contributed by atoms with E-state index in [9.17, 15) is 4.79 Å². The summed E-state index contributed by atoms with van der Waals surface area (Å²) < 4.78 is 4.32. The first-order chi connectivity index (χ1) is 13.7. The van der Waals surface area contributed by atoms with Gasteiger partial charge in [-0.2, -0.15) is 10.2 Å². The lowest BCUT2D eigenvalue weighted by molar-refractivity contribution is 0.102. The number of carbonyl (C=O) groups is 1. The number of aromatic nitrogens is 4. The fraction of sp³-hybridized carbons (Fsp3) is 0.350. The maximum atomic E-state index is 12.5. The van der Waals surface area contributed by atoms with E-state index >= 15 is 0 Å². The molecule has 0 spiro atoms. The summed E-state index contributed by atoms with van der Waals surface area (Å²) in [5.41, 5.74) is 2.43. The molecule has 0 unspecified atom stereocenters. The number of anilines is 1. The van der Waals surface area contributed by atoms with Gasteiger partial charge in [0.15, 0.2) is 5.69 Å². The molecule has 1 aromatic carbocycles. The summed E-state index contributed by atoms with van der Waals surface area (Å²) >= 11 is 3.36. The maximum Gasteiger partial charge on any atom is 0.276 e. The highest BCUT2D eigenvalue weighted by atomic mass is 79.9. The summed E-state index contributed by atoms with van der Waals surface area (Å²) in [6.45, 7) is 3.78. The van der Waals surface area contributed by atoms with Crippen LogP contribution in [0.1, 0.15) is 35.3 Å². The van der Waals surface area contributed by atoms with E-state index in [1.54, 1.807) is 27.8 Å². The van der Waals surface area contributed by atoms with Crippen LogP contribution in [0.3, 0.4) is 0 Å². The lowest BCUT2D eigenvalue weighted by atomic mass is 10.1. The minimum atomic E-state index is -0.218. The molecule has 2 aromatic heterocycles. The molecular weight excluding hydrogens is 420 g/mol. The Hall–Kier alpha value is -2.45. The quantitative estimate of drug-likeness (QED) is 0.633. The average Bonchev–Trinajstić information content (AvgIpc) is 3.33. The first-order valence-electron chi connectivity index (χ1n) is 9.50. The zero-order valence-electron chi connectivity index (χ0n) is 15.6. The van der Waals surface area contributed by atoms with Gasteiger partial charge in [0.1, 0.15) is 6.67 Å². The van der Waals surface area contributed by atoms with Crippen LogP contribution in [0.2, 0.25) is 0 Å². The van der Waals surface area contributed by atoms with Crippen LogP contribution in [-0.2, 0) is 13.2 Å². The molecule has 3 aromatic rings. The number of likely N-dealkylation sites (tertiary alicyclic amines) is 1. The van der Waals surface area contributed by atoms with Crippen LogP contribution in [0, 0.1) is 0 Å². The van der Waals surface area contributed by atoms with Crippen LogP contribution in [0.15, 0.2) is 53.4 Å². The Bertz CT molecular complexity index is 926. The van der Waals surface area contributed by atoms with E-state index in [0.29, 0.717) is 12.4 Å². The van der Waals surface area contributed by atoms with Crippen LogP contribution >= 0.6 is 15.9 Å². The van der Waals surface area contributed by atoms with Gasteiger partial charge < -0.3 is 5.32 Å². The number of benzene rings is 1. The number of nitrogens with one attached hydrogen (secondary N) is 1. The molecule has 0 saturated carbocycles. The lowest BCUT2D eigenvalue weighted by Gasteiger charge is -2.26. The standard InChI is InChI=1S/C20H23BrN6O/c21-17-12-22-27(14-17)15-26-11-8-19(24-26)20(28)23-18-6-4-16(5-7-18)13-25-9-2-1-3-10-25/h4-8,11-12,14H,1-3,9-10,13,15H2,(H,23,28). The van der Waals surface area contributed by atoms with Crippen molar-refractivity contribution in [1.29, 1.82) is 0 Å². The number of nitrogens with zero attached hydrogens (tertiary/aromatic N) is 5. The van der Waals surface area contributed by atoms with E-state index in [-0.39, 0.29) is 5.91 Å². The normalized spacial score (nSPS) is 14.9. The third-order valence-corrected chi connectivity index (χ3v) is 5.24. The average molecular weight is 443 g/mol. The van der Waals surface area contributed by atoms with Gasteiger partial charge in [-0.15, -0.1) is 0 Å². The molecule has 28 heavy (non-hydrogen) atoms. The van der Waals surface area contributed by atoms with Crippen molar-refractivity contribution in [1.82, 2.24) is 24.5 Å². The van der Waals surface area contributed by atoms with Gasteiger partial charge in [0.25, 0.3) is 5.91 Å². The number of rotatable bonds is 6. The molecule has 8 heteroatoms. The van der Waals surface area contributed by atoms with Gasteiger partial charge in [0.2, 0.25) is 0 Å². The Labute approximate surface area is 172 Å². The molecule has 146 valence electrons. The second-order valence-corrected chi connectivity index (χ2v) is 7.98. The van der Waals surface area contributed by atoms with Crippen LogP contribution in [-0.4, -0.2) is 43.5 Å². The molecule has 3 heterocycles. The lowest BCUT2D eigenvalue weighted by Crippen LogP contribution is -2.29. The SMILES string of the molecule is O=C(Nc1ccc(CN2CCCCC2)cc1)c1ccn(Cn2cc(Br)cn2)n1. The van der Waals surface area contributed by atoms with Crippen molar-refractivity contribution in [2.75, 3.05) is 18.4 Å². The Kier molecular flexibility index (Phi) is 5.87. The molecule has 1 saturated heterocycles. The highest BCUT2D eigenvalue weighted by Gasteiger charge is 2.12. The molecule has 1 aliphatic heterocycles. The van der Waals surface area contributed by atoms with E-state index in [0.717, 1.165) is 16.7 Å². The number of carbonyl (C=O) groups excluding carboxylic acids is 1. The molecule has 7 nitrogen and oxygen atoms in total. The highest BCUT2D eigenvalue weighted by molar-refractivity contribution is 9.10. The summed E-state index contributed by atoms with van der Waals surface area (Å²) in [6.07, 6.45) is 9.26. The molecule has 0 bridgehead atoms. The molecule has 1 N–H and O–H groups in total. The Morgan fingerprint density at radius 3 is 2.57 bits per heavy atom. The van der Waals surface area contributed by atoms with Gasteiger partial charge in [0.05, 0.1) is 10.7 Å². The largest absolute Gasteiger partial charge is 0.321 e. The minimum Gasteiger partial charge on any atom is -0.321 e. The Balaban J connectivity index is 1.33. The maximum absolute atomic E-state index is 12.5.